The van der Waals surface area contributed by atoms with Crippen molar-refractivity contribution in [3.63, 3.8) is 0 Å². The quantitative estimate of drug-likeness (QED) is 0.148. The molecule has 16 heteroatoms. The molecule has 3 aromatic carbocycles. The van der Waals surface area contributed by atoms with Gasteiger partial charge in [0.05, 0.1) is 29.1 Å². The van der Waals surface area contributed by atoms with Crippen molar-refractivity contribution in [2.75, 3.05) is 17.7 Å². The molecule has 5 rings (SSSR count). The Balaban J connectivity index is 0.000000698. The molecular weight excluding hydrogens is 667 g/mol. The Labute approximate surface area is 280 Å². The van der Waals surface area contributed by atoms with Gasteiger partial charge in [0.2, 0.25) is 5.91 Å². The van der Waals surface area contributed by atoms with Gasteiger partial charge in [-0.05, 0) is 87.2 Å². The van der Waals surface area contributed by atoms with Crippen molar-refractivity contribution in [3.8, 4) is 11.5 Å². The zero-order valence-corrected chi connectivity index (χ0v) is 27.6. The number of nitrogens with one attached hydrogen (secondary N) is 2. The fraction of sp³-hybridized carbons (Fsp3) is 0.333. The number of rotatable bonds is 12. The number of carbonyl (C=O) groups excluding carboxylic acids is 1. The highest BCUT2D eigenvalue weighted by Gasteiger charge is 2.38. The Hall–Kier alpha value is -5.12. The molecule has 1 fully saturated rings. The van der Waals surface area contributed by atoms with Gasteiger partial charge in [-0.2, -0.15) is 18.3 Å². The van der Waals surface area contributed by atoms with Gasteiger partial charge in [-0.25, -0.2) is 13.2 Å². The summed E-state index contributed by atoms with van der Waals surface area (Å²) in [6.45, 7) is 6.33. The number of ether oxygens (including phenoxy) is 2. The number of halogens is 3. The summed E-state index contributed by atoms with van der Waals surface area (Å²) in [4.78, 5) is 22.9. The average Bonchev–Trinajstić information content (AvgIpc) is 3.90. The Morgan fingerprint density at radius 1 is 1.06 bits per heavy atom. The summed E-state index contributed by atoms with van der Waals surface area (Å²) in [6, 6.07) is 16.9. The Morgan fingerprint density at radius 3 is 2.41 bits per heavy atom. The fourth-order valence-corrected chi connectivity index (χ4v) is 6.41. The van der Waals surface area contributed by atoms with E-state index in [9.17, 15) is 26.4 Å². The van der Waals surface area contributed by atoms with Crippen LogP contribution in [-0.2, 0) is 26.0 Å². The predicted molar refractivity (Wildman–Crippen MR) is 176 cm³/mol. The lowest BCUT2D eigenvalue weighted by Gasteiger charge is -2.22. The Bertz CT molecular complexity index is 1920. The van der Waals surface area contributed by atoms with Gasteiger partial charge in [0, 0.05) is 23.0 Å². The number of fused-ring (bicyclic) bond motifs is 1. The number of carbonyl (C=O) groups is 2. The van der Waals surface area contributed by atoms with Crippen LogP contribution in [0.3, 0.4) is 0 Å². The molecule has 0 spiro atoms. The molecule has 0 saturated heterocycles. The summed E-state index contributed by atoms with van der Waals surface area (Å²) in [7, 11) is -3.34. The van der Waals surface area contributed by atoms with Gasteiger partial charge < -0.3 is 30.9 Å². The largest absolute Gasteiger partial charge is 0.490 e. The van der Waals surface area contributed by atoms with E-state index in [0.717, 1.165) is 10.8 Å². The minimum Gasteiger partial charge on any atom is -0.490 e. The number of benzene rings is 3. The number of hydrogen-bond acceptors (Lipinski definition) is 10. The third-order valence-electron chi connectivity index (χ3n) is 7.13. The SMILES string of the molecule is CCOc1cc(C(Nc2ccc3c(N)nncc3c2)C(=O)NCc2cccc(S(=O)(=O)C3CC3)c2)ccc1OC(C)C.O=C(O)C(F)(F)F. The number of amides is 1. The molecule has 0 radical (unpaired) electrons. The zero-order valence-electron chi connectivity index (χ0n) is 26.8. The first-order chi connectivity index (χ1) is 23.1. The highest BCUT2D eigenvalue weighted by atomic mass is 32.2. The average molecular weight is 704 g/mol. The maximum absolute atomic E-state index is 13.8. The van der Waals surface area contributed by atoms with Gasteiger partial charge in [-0.1, -0.05) is 18.2 Å². The van der Waals surface area contributed by atoms with Crippen LogP contribution in [0.5, 0.6) is 11.5 Å². The zero-order chi connectivity index (χ0) is 35.9. The molecule has 12 nitrogen and oxygen atoms in total. The lowest BCUT2D eigenvalue weighted by atomic mass is 10.0. The molecule has 1 saturated carbocycles. The molecule has 1 atom stereocenters. The highest BCUT2D eigenvalue weighted by molar-refractivity contribution is 7.92. The van der Waals surface area contributed by atoms with E-state index < -0.39 is 28.0 Å². The number of anilines is 2. The van der Waals surface area contributed by atoms with Crippen molar-refractivity contribution in [1.82, 2.24) is 15.5 Å². The molecule has 1 amide bonds. The number of aromatic nitrogens is 2. The number of nitrogens with two attached hydrogens (primary N) is 1. The Kier molecular flexibility index (Phi) is 11.5. The van der Waals surface area contributed by atoms with Crippen molar-refractivity contribution in [2.24, 2.45) is 0 Å². The van der Waals surface area contributed by atoms with Crippen LogP contribution in [0.4, 0.5) is 24.7 Å². The summed E-state index contributed by atoms with van der Waals surface area (Å²) in [6.07, 6.45) is -2.15. The number of nitrogen functional groups attached to an aromatic ring is 1. The molecule has 262 valence electrons. The van der Waals surface area contributed by atoms with Crippen LogP contribution in [0.15, 0.2) is 71.8 Å². The third kappa shape index (κ3) is 9.72. The molecule has 1 heterocycles. The van der Waals surface area contributed by atoms with Crippen molar-refractivity contribution < 1.29 is 45.8 Å². The smallest absolute Gasteiger partial charge is 0.490 e. The molecule has 4 aromatic rings. The molecule has 1 aliphatic rings. The van der Waals surface area contributed by atoms with Crippen molar-refractivity contribution in [2.45, 2.75) is 68.6 Å². The van der Waals surface area contributed by atoms with E-state index in [-0.39, 0.29) is 28.7 Å². The number of carboxylic acids is 1. The van der Waals surface area contributed by atoms with Gasteiger partial charge in [0.25, 0.3) is 0 Å². The molecule has 0 aliphatic heterocycles. The molecule has 0 bridgehead atoms. The summed E-state index contributed by atoms with van der Waals surface area (Å²) >= 11 is 0. The number of aliphatic carboxylic acids is 1. The molecule has 1 aliphatic carbocycles. The number of carboxylic acid groups (broad SMARTS) is 1. The topological polar surface area (TPSA) is 183 Å². The van der Waals surface area contributed by atoms with Crippen molar-refractivity contribution >= 4 is 44.0 Å². The number of sulfone groups is 1. The van der Waals surface area contributed by atoms with Gasteiger partial charge >= 0.3 is 12.1 Å². The fourth-order valence-electron chi connectivity index (χ4n) is 4.68. The highest BCUT2D eigenvalue weighted by Crippen LogP contribution is 2.35. The van der Waals surface area contributed by atoms with E-state index in [1.165, 1.54) is 0 Å². The lowest BCUT2D eigenvalue weighted by Crippen LogP contribution is -2.33. The van der Waals surface area contributed by atoms with Crippen LogP contribution >= 0.6 is 0 Å². The summed E-state index contributed by atoms with van der Waals surface area (Å²) in [5.41, 5.74) is 8.00. The van der Waals surface area contributed by atoms with E-state index in [1.807, 2.05) is 45.0 Å². The van der Waals surface area contributed by atoms with Crippen LogP contribution in [0.2, 0.25) is 0 Å². The standard InChI is InChI=1S/C31H35N5O5S.C2HF3O2/c1-4-40-28-16-21(8-13-27(28)41-19(2)3)29(35-23-9-12-26-22(15-23)18-34-36-30(26)32)31(37)33-17-20-6-5-7-25(14-20)42(38,39)24-10-11-24;3-2(4,5)1(6)7/h5-9,12-16,18-19,24,29,35H,4,10-11,17H2,1-3H3,(H2,32,36)(H,33,37);(H,6,7). The molecular formula is C33H36F3N5O7S. The van der Waals surface area contributed by atoms with Gasteiger partial charge in [0.15, 0.2) is 27.2 Å². The number of alkyl halides is 3. The van der Waals surface area contributed by atoms with Crippen LogP contribution in [0, 0.1) is 0 Å². The lowest BCUT2D eigenvalue weighted by molar-refractivity contribution is -0.192. The minimum atomic E-state index is -5.08. The van der Waals surface area contributed by atoms with Crippen molar-refractivity contribution in [1.29, 1.82) is 0 Å². The maximum Gasteiger partial charge on any atom is 0.490 e. The Morgan fingerprint density at radius 2 is 1.78 bits per heavy atom. The van der Waals surface area contributed by atoms with Gasteiger partial charge in [-0.3, -0.25) is 4.79 Å². The third-order valence-corrected chi connectivity index (χ3v) is 9.39. The molecule has 1 unspecified atom stereocenters. The maximum atomic E-state index is 13.8. The first kappa shape index (κ1) is 36.7. The monoisotopic (exact) mass is 703 g/mol. The molecule has 49 heavy (non-hydrogen) atoms. The van der Waals surface area contributed by atoms with Crippen molar-refractivity contribution in [3.05, 3.63) is 78.0 Å². The van der Waals surface area contributed by atoms with Crippen LogP contribution < -0.4 is 25.8 Å². The van der Waals surface area contributed by atoms with E-state index in [1.54, 1.807) is 42.6 Å². The predicted octanol–water partition coefficient (Wildman–Crippen LogP) is 5.44. The van der Waals surface area contributed by atoms with Gasteiger partial charge in [-0.15, -0.1) is 5.10 Å². The summed E-state index contributed by atoms with van der Waals surface area (Å²) < 4.78 is 69.0. The second-order valence-corrected chi connectivity index (χ2v) is 13.6. The van der Waals surface area contributed by atoms with Gasteiger partial charge in [0.1, 0.15) is 6.04 Å². The molecule has 1 aromatic heterocycles. The van der Waals surface area contributed by atoms with E-state index in [2.05, 4.69) is 20.8 Å². The summed E-state index contributed by atoms with van der Waals surface area (Å²) in [5.74, 6) is -1.63. The second-order valence-electron chi connectivity index (χ2n) is 11.3. The molecule has 5 N–H and O–H groups in total. The first-order valence-corrected chi connectivity index (χ1v) is 16.8. The summed E-state index contributed by atoms with van der Waals surface area (Å²) in [5, 5.41) is 22.5. The number of hydrogen-bond donors (Lipinski definition) is 4. The van der Waals surface area contributed by atoms with E-state index >= 15 is 0 Å². The van der Waals surface area contributed by atoms with Crippen LogP contribution in [-0.4, -0.2) is 59.7 Å². The second kappa shape index (κ2) is 15.4. The first-order valence-electron chi connectivity index (χ1n) is 15.2. The minimum absolute atomic E-state index is 0.0556. The van der Waals surface area contributed by atoms with Crippen LogP contribution in [0.25, 0.3) is 10.8 Å². The van der Waals surface area contributed by atoms with E-state index in [4.69, 9.17) is 25.1 Å². The van der Waals surface area contributed by atoms with Crippen LogP contribution in [0.1, 0.15) is 50.8 Å². The van der Waals surface area contributed by atoms with E-state index in [0.29, 0.717) is 53.6 Å². The normalized spacial score (nSPS) is 13.6. The number of nitrogens with zero attached hydrogens (tertiary/aromatic N) is 2.